The minimum absolute atomic E-state index is 0.138. The van der Waals surface area contributed by atoms with Crippen molar-refractivity contribution in [2.75, 3.05) is 19.6 Å². The molecule has 2 atom stereocenters. The van der Waals surface area contributed by atoms with Crippen LogP contribution in [-0.4, -0.2) is 39.9 Å². The molecule has 1 aromatic heterocycles. The Labute approximate surface area is 122 Å². The molecule has 2 aliphatic heterocycles. The predicted molar refractivity (Wildman–Crippen MR) is 77.8 cm³/mol. The van der Waals surface area contributed by atoms with Gasteiger partial charge in [0.25, 0.3) is 0 Å². The van der Waals surface area contributed by atoms with Gasteiger partial charge in [-0.2, -0.15) is 0 Å². The Morgan fingerprint density at radius 2 is 2.14 bits per heavy atom. The zero-order valence-electron chi connectivity index (χ0n) is 11.5. The Hall–Kier alpha value is -2.27. The second-order valence-electron chi connectivity index (χ2n) is 5.76. The molecule has 5 nitrogen and oxygen atoms in total. The first kappa shape index (κ1) is 12.5. The van der Waals surface area contributed by atoms with Crippen molar-refractivity contribution in [1.82, 2.24) is 10.1 Å². The number of fused-ring (bicyclic) bond motifs is 2. The molecule has 1 aromatic carbocycles. The number of hydrogen-bond donors (Lipinski definition) is 2. The fraction of sp³-hybridized carbons (Fsp3) is 0.312. The van der Waals surface area contributed by atoms with E-state index in [1.165, 1.54) is 37.2 Å². The third kappa shape index (κ3) is 2.19. The molecule has 2 aliphatic rings. The minimum atomic E-state index is -0.156. The van der Waals surface area contributed by atoms with Crippen LogP contribution in [0.4, 0.5) is 0 Å². The third-order valence-corrected chi connectivity index (χ3v) is 4.33. The first-order chi connectivity index (χ1) is 10.2. The lowest BCUT2D eigenvalue weighted by Gasteiger charge is -2.13. The molecule has 21 heavy (non-hydrogen) atoms. The first-order valence-corrected chi connectivity index (χ1v) is 7.11. The molecule has 2 aromatic rings. The normalized spacial score (nSPS) is 25.8. The molecular weight excluding hydrogens is 268 g/mol. The summed E-state index contributed by atoms with van der Waals surface area (Å²) in [7, 11) is 0. The summed E-state index contributed by atoms with van der Waals surface area (Å²) < 4.78 is 5.37. The van der Waals surface area contributed by atoms with Gasteiger partial charge in [-0.05, 0) is 48.7 Å². The summed E-state index contributed by atoms with van der Waals surface area (Å²) in [4.78, 5) is 2.45. The Morgan fingerprint density at radius 1 is 1.24 bits per heavy atom. The molecule has 2 saturated heterocycles. The van der Waals surface area contributed by atoms with Gasteiger partial charge >= 0.3 is 0 Å². The summed E-state index contributed by atoms with van der Waals surface area (Å²) in [5.74, 6) is 1.11. The van der Waals surface area contributed by atoms with E-state index in [0.29, 0.717) is 11.6 Å². The lowest BCUT2D eigenvalue weighted by atomic mass is 9.98. The van der Waals surface area contributed by atoms with E-state index in [4.69, 9.17) is 4.52 Å². The van der Waals surface area contributed by atoms with Crippen LogP contribution in [0.5, 0.6) is 11.5 Å². The highest BCUT2D eigenvalue weighted by atomic mass is 16.5. The van der Waals surface area contributed by atoms with Crippen LogP contribution in [0.1, 0.15) is 12.2 Å². The van der Waals surface area contributed by atoms with Crippen LogP contribution >= 0.6 is 0 Å². The number of aromatic hydroxyl groups is 2. The van der Waals surface area contributed by atoms with Gasteiger partial charge in [-0.1, -0.05) is 5.16 Å². The molecule has 2 fully saturated rings. The number of benzene rings is 1. The molecule has 0 amide bonds. The molecule has 5 heteroatoms. The van der Waals surface area contributed by atoms with E-state index >= 15 is 0 Å². The third-order valence-electron chi connectivity index (χ3n) is 4.33. The van der Waals surface area contributed by atoms with Gasteiger partial charge in [-0.15, -0.1) is 0 Å². The van der Waals surface area contributed by atoms with Gasteiger partial charge in [0.2, 0.25) is 0 Å². The minimum Gasteiger partial charge on any atom is -0.504 e. The Balaban J connectivity index is 1.61. The van der Waals surface area contributed by atoms with Crippen molar-refractivity contribution in [1.29, 1.82) is 0 Å². The van der Waals surface area contributed by atoms with E-state index in [9.17, 15) is 10.2 Å². The number of nitrogens with zero attached hydrogens (tertiary/aromatic N) is 2. The number of aromatic nitrogens is 1. The smallest absolute Gasteiger partial charge is 0.160 e. The quantitative estimate of drug-likeness (QED) is 0.829. The molecule has 0 spiro atoms. The molecule has 3 heterocycles. The summed E-state index contributed by atoms with van der Waals surface area (Å²) in [5, 5.41) is 22.9. The largest absolute Gasteiger partial charge is 0.504 e. The van der Waals surface area contributed by atoms with Crippen LogP contribution in [0, 0.1) is 5.92 Å². The molecular formula is C16H16N2O3. The van der Waals surface area contributed by atoms with Gasteiger partial charge in [-0.25, -0.2) is 0 Å². The van der Waals surface area contributed by atoms with Crippen molar-refractivity contribution in [3.05, 3.63) is 35.6 Å². The topological polar surface area (TPSA) is 69.7 Å². The number of hydrogen-bond acceptors (Lipinski definition) is 5. The van der Waals surface area contributed by atoms with Crippen LogP contribution in [0.3, 0.4) is 0 Å². The van der Waals surface area contributed by atoms with Gasteiger partial charge < -0.3 is 14.7 Å². The Kier molecular flexibility index (Phi) is 2.75. The van der Waals surface area contributed by atoms with Crippen LogP contribution < -0.4 is 0 Å². The highest BCUT2D eigenvalue weighted by Crippen LogP contribution is 2.34. The van der Waals surface area contributed by atoms with Gasteiger partial charge in [-0.3, -0.25) is 4.90 Å². The SMILES string of the molecule is Oc1ccc(-c2cc(/C=C3\CN4CCC3C4)on2)cc1O. The zero-order valence-corrected chi connectivity index (χ0v) is 11.5. The fourth-order valence-electron chi connectivity index (χ4n) is 3.19. The molecule has 4 rings (SSSR count). The Bertz CT molecular complexity index is 720. The molecule has 2 N–H and O–H groups in total. The summed E-state index contributed by atoms with van der Waals surface area (Å²) in [6.45, 7) is 3.40. The number of phenols is 2. The highest BCUT2D eigenvalue weighted by molar-refractivity contribution is 5.65. The van der Waals surface area contributed by atoms with E-state index in [0.717, 1.165) is 17.9 Å². The van der Waals surface area contributed by atoms with E-state index in [1.807, 2.05) is 6.07 Å². The highest BCUT2D eigenvalue weighted by Gasteiger charge is 2.33. The first-order valence-electron chi connectivity index (χ1n) is 7.11. The second kappa shape index (κ2) is 4.63. The maximum Gasteiger partial charge on any atom is 0.160 e. The van der Waals surface area contributed by atoms with Gasteiger partial charge in [0.15, 0.2) is 17.3 Å². The van der Waals surface area contributed by atoms with E-state index in [1.54, 1.807) is 6.07 Å². The molecule has 2 bridgehead atoms. The molecule has 108 valence electrons. The van der Waals surface area contributed by atoms with Crippen molar-refractivity contribution in [3.63, 3.8) is 0 Å². The lowest BCUT2D eigenvalue weighted by Crippen LogP contribution is -2.17. The number of rotatable bonds is 2. The summed E-state index contributed by atoms with van der Waals surface area (Å²) in [6.07, 6.45) is 3.32. The zero-order chi connectivity index (χ0) is 14.4. The van der Waals surface area contributed by atoms with Crippen LogP contribution in [0.15, 0.2) is 34.4 Å². The van der Waals surface area contributed by atoms with Crippen LogP contribution in [0.25, 0.3) is 17.3 Å². The van der Waals surface area contributed by atoms with Crippen molar-refractivity contribution in [2.24, 2.45) is 5.92 Å². The summed E-state index contributed by atoms with van der Waals surface area (Å²) in [6, 6.07) is 6.49. The van der Waals surface area contributed by atoms with Gasteiger partial charge in [0.05, 0.1) is 0 Å². The molecule has 0 saturated carbocycles. The van der Waals surface area contributed by atoms with Gasteiger partial charge in [0.1, 0.15) is 5.69 Å². The van der Waals surface area contributed by atoms with Crippen LogP contribution in [-0.2, 0) is 0 Å². The average Bonchev–Trinajstić information content (AvgIpc) is 3.18. The van der Waals surface area contributed by atoms with E-state index < -0.39 is 0 Å². The molecule has 2 unspecified atom stereocenters. The van der Waals surface area contributed by atoms with Crippen molar-refractivity contribution >= 4 is 6.08 Å². The van der Waals surface area contributed by atoms with E-state index in [-0.39, 0.29) is 11.5 Å². The second-order valence-corrected chi connectivity index (χ2v) is 5.76. The Morgan fingerprint density at radius 3 is 2.86 bits per heavy atom. The van der Waals surface area contributed by atoms with Crippen molar-refractivity contribution < 1.29 is 14.7 Å². The van der Waals surface area contributed by atoms with Crippen molar-refractivity contribution in [3.8, 4) is 22.8 Å². The van der Waals surface area contributed by atoms with E-state index in [2.05, 4.69) is 16.1 Å². The van der Waals surface area contributed by atoms with Gasteiger partial charge in [0, 0.05) is 24.7 Å². The fourth-order valence-corrected chi connectivity index (χ4v) is 3.19. The molecule has 0 aliphatic carbocycles. The van der Waals surface area contributed by atoms with Crippen molar-refractivity contribution in [2.45, 2.75) is 6.42 Å². The lowest BCUT2D eigenvalue weighted by molar-refractivity contribution is 0.391. The average molecular weight is 284 g/mol. The number of phenolic OH excluding ortho intramolecular Hbond substituents is 2. The monoisotopic (exact) mass is 284 g/mol. The summed E-state index contributed by atoms with van der Waals surface area (Å²) in [5.41, 5.74) is 2.79. The maximum absolute atomic E-state index is 9.54. The summed E-state index contributed by atoms with van der Waals surface area (Å²) >= 11 is 0. The molecule has 0 radical (unpaired) electrons. The maximum atomic E-state index is 9.54. The number of piperidine rings is 1. The predicted octanol–water partition coefficient (Wildman–Crippen LogP) is 2.47. The van der Waals surface area contributed by atoms with Crippen LogP contribution in [0.2, 0.25) is 0 Å². The standard InChI is InChI=1S/C16H16N2O3/c19-15-2-1-10(6-16(15)20)14-7-13(21-17-14)5-12-9-18-4-3-11(12)8-18/h1-2,5-7,11,19-20H,3-4,8-9H2/b12-5+.